The number of rotatable bonds is 5. The van der Waals surface area contributed by atoms with Crippen molar-refractivity contribution in [2.75, 3.05) is 6.54 Å². The van der Waals surface area contributed by atoms with Crippen LogP contribution in [0.2, 0.25) is 0 Å². The lowest BCUT2D eigenvalue weighted by molar-refractivity contribution is 0.500. The highest BCUT2D eigenvalue weighted by Gasteiger charge is 2.14. The van der Waals surface area contributed by atoms with E-state index in [1.807, 2.05) is 6.92 Å². The van der Waals surface area contributed by atoms with Crippen molar-refractivity contribution >= 4 is 0 Å². The maximum absolute atomic E-state index is 13.6. The summed E-state index contributed by atoms with van der Waals surface area (Å²) in [4.78, 5) is 0. The van der Waals surface area contributed by atoms with E-state index in [0.29, 0.717) is 12.0 Å². The van der Waals surface area contributed by atoms with Gasteiger partial charge in [0.2, 0.25) is 0 Å². The molecule has 1 atom stereocenters. The van der Waals surface area contributed by atoms with Gasteiger partial charge in [-0.1, -0.05) is 13.0 Å². The summed E-state index contributed by atoms with van der Waals surface area (Å²) in [5.74, 6) is 4.64. The van der Waals surface area contributed by atoms with E-state index >= 15 is 0 Å². The molecule has 1 aromatic carbocycles. The van der Waals surface area contributed by atoms with Crippen molar-refractivity contribution < 1.29 is 8.78 Å². The molecule has 0 radical (unpaired) electrons. The average Bonchev–Trinajstić information content (AvgIpc) is 2.30. The Kier molecular flexibility index (Phi) is 5.65. The molecule has 0 amide bonds. The summed E-state index contributed by atoms with van der Waals surface area (Å²) in [5, 5.41) is 3.22. The van der Waals surface area contributed by atoms with Crippen LogP contribution in [-0.2, 0) is 0 Å². The zero-order valence-electron chi connectivity index (χ0n) is 10.2. The molecule has 3 heteroatoms. The van der Waals surface area contributed by atoms with Gasteiger partial charge in [-0.15, -0.1) is 11.8 Å². The Labute approximate surface area is 101 Å². The van der Waals surface area contributed by atoms with Gasteiger partial charge in [-0.05, 0) is 26.0 Å². The second-order valence-electron chi connectivity index (χ2n) is 3.80. The lowest BCUT2D eigenvalue weighted by Crippen LogP contribution is -2.22. The molecule has 0 fully saturated rings. The minimum absolute atomic E-state index is 0.178. The first-order valence-electron chi connectivity index (χ1n) is 5.77. The van der Waals surface area contributed by atoms with E-state index in [0.717, 1.165) is 19.0 Å². The lowest BCUT2D eigenvalue weighted by Gasteiger charge is -2.17. The number of nitrogens with one attached hydrogen (secondary N) is 1. The lowest BCUT2D eigenvalue weighted by atomic mass is 10.0. The highest BCUT2D eigenvalue weighted by molar-refractivity contribution is 5.23. The van der Waals surface area contributed by atoms with Gasteiger partial charge in [0.1, 0.15) is 11.6 Å². The van der Waals surface area contributed by atoms with Gasteiger partial charge in [-0.3, -0.25) is 0 Å². The molecule has 92 valence electrons. The van der Waals surface area contributed by atoms with Crippen LogP contribution in [-0.4, -0.2) is 6.54 Å². The van der Waals surface area contributed by atoms with Crippen LogP contribution < -0.4 is 5.32 Å². The molecular weight excluding hydrogens is 220 g/mol. The highest BCUT2D eigenvalue weighted by atomic mass is 19.1. The predicted molar refractivity (Wildman–Crippen MR) is 65.5 cm³/mol. The molecule has 17 heavy (non-hydrogen) atoms. The molecule has 0 aliphatic carbocycles. The van der Waals surface area contributed by atoms with Crippen molar-refractivity contribution in [2.24, 2.45) is 0 Å². The third-order valence-electron chi connectivity index (χ3n) is 2.46. The van der Waals surface area contributed by atoms with Crippen LogP contribution in [0, 0.1) is 23.5 Å². The van der Waals surface area contributed by atoms with Gasteiger partial charge in [0.05, 0.1) is 0 Å². The van der Waals surface area contributed by atoms with E-state index in [1.165, 1.54) is 12.1 Å². The summed E-state index contributed by atoms with van der Waals surface area (Å²) in [5.41, 5.74) is 0.475. The van der Waals surface area contributed by atoms with E-state index in [-0.39, 0.29) is 6.04 Å². The fourth-order valence-electron chi connectivity index (χ4n) is 1.60. The Bertz CT molecular complexity index is 418. The fraction of sp³-hybridized carbons (Fsp3) is 0.429. The van der Waals surface area contributed by atoms with Crippen LogP contribution in [0.15, 0.2) is 18.2 Å². The maximum Gasteiger partial charge on any atom is 0.130 e. The van der Waals surface area contributed by atoms with Crippen LogP contribution >= 0.6 is 0 Å². The topological polar surface area (TPSA) is 12.0 Å². The smallest absolute Gasteiger partial charge is 0.130 e. The molecule has 0 aliphatic rings. The molecule has 1 N–H and O–H groups in total. The van der Waals surface area contributed by atoms with E-state index in [2.05, 4.69) is 17.2 Å². The van der Waals surface area contributed by atoms with Gasteiger partial charge in [-0.2, -0.15) is 0 Å². The molecule has 0 bridgehead atoms. The van der Waals surface area contributed by atoms with Crippen molar-refractivity contribution in [3.05, 3.63) is 35.4 Å². The van der Waals surface area contributed by atoms with Gasteiger partial charge in [-0.25, -0.2) is 8.78 Å². The molecular formula is C14H17F2N. The zero-order chi connectivity index (χ0) is 12.7. The van der Waals surface area contributed by atoms with E-state index < -0.39 is 11.6 Å². The first kappa shape index (κ1) is 13.7. The third-order valence-corrected chi connectivity index (χ3v) is 2.46. The van der Waals surface area contributed by atoms with Crippen molar-refractivity contribution in [2.45, 2.75) is 32.7 Å². The Balaban J connectivity index is 2.89. The summed E-state index contributed by atoms with van der Waals surface area (Å²) in [6.45, 7) is 4.57. The standard InChI is InChI=1S/C14H17F2N/c1-3-5-6-14(17-9-4-2)12-8-7-11(15)10-13(12)16/h7-8,10,14,17H,4,6,9H2,1-2H3. The minimum Gasteiger partial charge on any atom is -0.309 e. The minimum atomic E-state index is -0.554. The molecule has 0 spiro atoms. The van der Waals surface area contributed by atoms with Gasteiger partial charge < -0.3 is 5.32 Å². The van der Waals surface area contributed by atoms with Gasteiger partial charge in [0.15, 0.2) is 0 Å². The Morgan fingerprint density at radius 1 is 1.35 bits per heavy atom. The van der Waals surface area contributed by atoms with Crippen LogP contribution in [0.3, 0.4) is 0 Å². The van der Waals surface area contributed by atoms with Crippen LogP contribution in [0.1, 0.15) is 38.3 Å². The number of hydrogen-bond donors (Lipinski definition) is 1. The van der Waals surface area contributed by atoms with Crippen molar-refractivity contribution in [3.63, 3.8) is 0 Å². The zero-order valence-corrected chi connectivity index (χ0v) is 10.2. The van der Waals surface area contributed by atoms with Gasteiger partial charge in [0, 0.05) is 24.1 Å². The van der Waals surface area contributed by atoms with E-state index in [4.69, 9.17) is 0 Å². The summed E-state index contributed by atoms with van der Waals surface area (Å²) < 4.78 is 26.5. The number of hydrogen-bond acceptors (Lipinski definition) is 1. The number of halogens is 2. The van der Waals surface area contributed by atoms with Crippen molar-refractivity contribution in [3.8, 4) is 11.8 Å². The highest BCUT2D eigenvalue weighted by Crippen LogP contribution is 2.20. The SMILES string of the molecule is CC#CCC(NCCC)c1ccc(F)cc1F. The van der Waals surface area contributed by atoms with Crippen LogP contribution in [0.25, 0.3) is 0 Å². The van der Waals surface area contributed by atoms with Crippen LogP contribution in [0.4, 0.5) is 8.78 Å². The first-order valence-corrected chi connectivity index (χ1v) is 5.77. The molecule has 0 saturated heterocycles. The Morgan fingerprint density at radius 3 is 2.71 bits per heavy atom. The molecule has 1 nitrogen and oxygen atoms in total. The molecule has 1 aromatic rings. The monoisotopic (exact) mass is 237 g/mol. The van der Waals surface area contributed by atoms with E-state index in [9.17, 15) is 8.78 Å². The Hall–Kier alpha value is -1.40. The molecule has 0 saturated carbocycles. The fourth-order valence-corrected chi connectivity index (χ4v) is 1.60. The molecule has 1 unspecified atom stereocenters. The quantitative estimate of drug-likeness (QED) is 0.774. The molecule has 0 aliphatic heterocycles. The molecule has 0 heterocycles. The van der Waals surface area contributed by atoms with E-state index in [1.54, 1.807) is 6.92 Å². The summed E-state index contributed by atoms with van der Waals surface area (Å²) in [6.07, 6.45) is 1.48. The third kappa shape index (κ3) is 4.16. The second-order valence-corrected chi connectivity index (χ2v) is 3.80. The van der Waals surface area contributed by atoms with Gasteiger partial charge in [0.25, 0.3) is 0 Å². The maximum atomic E-state index is 13.6. The van der Waals surface area contributed by atoms with Crippen molar-refractivity contribution in [1.29, 1.82) is 0 Å². The van der Waals surface area contributed by atoms with Crippen LogP contribution in [0.5, 0.6) is 0 Å². The second kappa shape index (κ2) is 7.03. The molecule has 1 rings (SSSR count). The van der Waals surface area contributed by atoms with Crippen molar-refractivity contribution in [1.82, 2.24) is 5.32 Å². The summed E-state index contributed by atoms with van der Waals surface area (Å²) >= 11 is 0. The summed E-state index contributed by atoms with van der Waals surface area (Å²) in [6, 6.07) is 3.49. The number of benzene rings is 1. The summed E-state index contributed by atoms with van der Waals surface area (Å²) in [7, 11) is 0. The van der Waals surface area contributed by atoms with Gasteiger partial charge >= 0.3 is 0 Å². The normalized spacial score (nSPS) is 11.8. The largest absolute Gasteiger partial charge is 0.309 e. The Morgan fingerprint density at radius 2 is 2.12 bits per heavy atom. The predicted octanol–water partition coefficient (Wildman–Crippen LogP) is 3.42. The molecule has 0 aromatic heterocycles. The first-order chi connectivity index (χ1) is 8.19. The average molecular weight is 237 g/mol.